The number of thiophene rings is 2. The summed E-state index contributed by atoms with van der Waals surface area (Å²) in [4.78, 5) is 38.4. The molecule has 5 rings (SSSR count). The first-order valence-corrected chi connectivity index (χ1v) is 12.4. The van der Waals surface area contributed by atoms with Crippen molar-refractivity contribution in [2.45, 2.75) is 45.2 Å². The highest BCUT2D eigenvalue weighted by Gasteiger charge is 2.23. The van der Waals surface area contributed by atoms with Gasteiger partial charge in [-0.3, -0.25) is 19.1 Å². The zero-order valence-corrected chi connectivity index (χ0v) is 18.6. The van der Waals surface area contributed by atoms with Crippen LogP contribution in [0.2, 0.25) is 0 Å². The van der Waals surface area contributed by atoms with Crippen LogP contribution < -0.4 is 5.56 Å². The number of fused-ring (bicyclic) bond motifs is 3. The van der Waals surface area contributed by atoms with Crippen molar-refractivity contribution < 1.29 is 4.79 Å². The van der Waals surface area contributed by atoms with Gasteiger partial charge in [-0.2, -0.15) is 0 Å². The Balaban J connectivity index is 1.27. The van der Waals surface area contributed by atoms with Crippen LogP contribution in [0.1, 0.15) is 34.6 Å². The van der Waals surface area contributed by atoms with Gasteiger partial charge >= 0.3 is 0 Å². The molecule has 8 heteroatoms. The number of hydrogen-bond acceptors (Lipinski definition) is 6. The molecule has 0 N–H and O–H groups in total. The molecule has 2 aliphatic rings. The normalized spacial score (nSPS) is 17.8. The second-order valence-corrected chi connectivity index (χ2v) is 10.3. The third kappa shape index (κ3) is 3.96. The predicted molar refractivity (Wildman–Crippen MR) is 121 cm³/mol. The van der Waals surface area contributed by atoms with Crippen LogP contribution in [0, 0.1) is 0 Å². The largest absolute Gasteiger partial charge is 0.339 e. The first kappa shape index (κ1) is 19.9. The van der Waals surface area contributed by atoms with Gasteiger partial charge in [-0.1, -0.05) is 12.5 Å². The number of aromatic nitrogens is 2. The third-order valence-corrected chi connectivity index (χ3v) is 8.24. The first-order chi connectivity index (χ1) is 14.7. The molecule has 6 nitrogen and oxygen atoms in total. The van der Waals surface area contributed by atoms with E-state index in [-0.39, 0.29) is 18.0 Å². The summed E-state index contributed by atoms with van der Waals surface area (Å²) in [5, 5.41) is 2.86. The van der Waals surface area contributed by atoms with Crippen LogP contribution in [-0.4, -0.2) is 51.4 Å². The van der Waals surface area contributed by atoms with E-state index in [1.165, 1.54) is 32.7 Å². The number of aryl methyl sites for hydroxylation is 2. The number of piperazine rings is 1. The molecule has 0 atom stereocenters. The molecule has 3 aromatic heterocycles. The van der Waals surface area contributed by atoms with Gasteiger partial charge in [-0.15, -0.1) is 22.7 Å². The topological polar surface area (TPSA) is 58.4 Å². The summed E-state index contributed by atoms with van der Waals surface area (Å²) < 4.78 is 1.51. The van der Waals surface area contributed by atoms with Gasteiger partial charge in [0.1, 0.15) is 11.4 Å². The number of carbonyl (C=O) groups excluding carboxylic acids is 1. The maximum Gasteiger partial charge on any atom is 0.262 e. The minimum Gasteiger partial charge on any atom is -0.339 e. The number of nitrogens with zero attached hydrogens (tertiary/aromatic N) is 4. The van der Waals surface area contributed by atoms with Crippen LogP contribution in [0.25, 0.3) is 10.2 Å². The van der Waals surface area contributed by atoms with Gasteiger partial charge in [0.15, 0.2) is 0 Å². The molecule has 0 bridgehead atoms. The van der Waals surface area contributed by atoms with E-state index in [1.807, 2.05) is 4.90 Å². The fourth-order valence-electron chi connectivity index (χ4n) is 4.49. The van der Waals surface area contributed by atoms with E-state index in [4.69, 9.17) is 0 Å². The Labute approximate surface area is 183 Å². The fourth-order valence-corrected chi connectivity index (χ4v) is 6.46. The third-order valence-electron chi connectivity index (χ3n) is 6.18. The SMILES string of the molecule is O=C(Cn1cnc2sc3c(c2c1=O)CCCCC3)N1CCN(Cc2cccs2)CC1. The molecule has 1 aliphatic heterocycles. The Kier molecular flexibility index (Phi) is 5.71. The first-order valence-electron chi connectivity index (χ1n) is 10.7. The molecule has 3 aromatic rings. The average molecular weight is 443 g/mol. The van der Waals surface area contributed by atoms with Crippen LogP contribution in [0.4, 0.5) is 0 Å². The lowest BCUT2D eigenvalue weighted by molar-refractivity contribution is -0.133. The Morgan fingerprint density at radius 3 is 2.73 bits per heavy atom. The Hall–Kier alpha value is -2.03. The predicted octanol–water partition coefficient (Wildman–Crippen LogP) is 3.13. The molecule has 0 saturated carbocycles. The van der Waals surface area contributed by atoms with Crippen molar-refractivity contribution in [3.05, 3.63) is 49.5 Å². The number of amides is 1. The highest BCUT2D eigenvalue weighted by Crippen LogP contribution is 2.32. The maximum atomic E-state index is 13.2. The molecule has 1 fully saturated rings. The summed E-state index contributed by atoms with van der Waals surface area (Å²) in [6.45, 7) is 4.19. The van der Waals surface area contributed by atoms with Crippen molar-refractivity contribution >= 4 is 38.8 Å². The average Bonchev–Trinajstić information content (AvgIpc) is 3.33. The summed E-state index contributed by atoms with van der Waals surface area (Å²) in [5.74, 6) is 0.00958. The monoisotopic (exact) mass is 442 g/mol. The highest BCUT2D eigenvalue weighted by molar-refractivity contribution is 7.18. The molecule has 4 heterocycles. The Morgan fingerprint density at radius 1 is 1.10 bits per heavy atom. The van der Waals surface area contributed by atoms with Crippen LogP contribution in [-0.2, 0) is 30.7 Å². The second-order valence-electron chi connectivity index (χ2n) is 8.16. The Bertz CT molecular complexity index is 1090. The Morgan fingerprint density at radius 2 is 1.93 bits per heavy atom. The highest BCUT2D eigenvalue weighted by atomic mass is 32.1. The van der Waals surface area contributed by atoms with E-state index >= 15 is 0 Å². The molecule has 1 amide bonds. The summed E-state index contributed by atoms with van der Waals surface area (Å²) in [6.07, 6.45) is 7.09. The maximum absolute atomic E-state index is 13.2. The number of hydrogen-bond donors (Lipinski definition) is 0. The summed E-state index contributed by atoms with van der Waals surface area (Å²) in [5.41, 5.74) is 1.14. The van der Waals surface area contributed by atoms with E-state index in [0.29, 0.717) is 13.1 Å². The van der Waals surface area contributed by atoms with Gasteiger partial charge < -0.3 is 4.90 Å². The van der Waals surface area contributed by atoms with Gasteiger partial charge in [0.2, 0.25) is 5.91 Å². The molecule has 0 aromatic carbocycles. The van der Waals surface area contributed by atoms with Crippen LogP contribution >= 0.6 is 22.7 Å². The lowest BCUT2D eigenvalue weighted by Crippen LogP contribution is -2.49. The smallest absolute Gasteiger partial charge is 0.262 e. The van der Waals surface area contributed by atoms with Crippen molar-refractivity contribution in [3.8, 4) is 0 Å². The quantitative estimate of drug-likeness (QED) is 0.583. The molecule has 0 radical (unpaired) electrons. The molecule has 1 saturated heterocycles. The van der Waals surface area contributed by atoms with E-state index in [9.17, 15) is 9.59 Å². The molecule has 1 aliphatic carbocycles. The van der Waals surface area contributed by atoms with Gasteiger partial charge in [-0.05, 0) is 42.7 Å². The zero-order valence-electron chi connectivity index (χ0n) is 17.0. The lowest BCUT2D eigenvalue weighted by atomic mass is 10.1. The van der Waals surface area contributed by atoms with Gasteiger partial charge in [0.25, 0.3) is 5.56 Å². The molecular formula is C22H26N4O2S2. The van der Waals surface area contributed by atoms with Crippen molar-refractivity contribution in [3.63, 3.8) is 0 Å². The lowest BCUT2D eigenvalue weighted by Gasteiger charge is -2.34. The zero-order chi connectivity index (χ0) is 20.5. The fraction of sp³-hybridized carbons (Fsp3) is 0.500. The minimum absolute atomic E-state index is 0.00958. The van der Waals surface area contributed by atoms with Crippen LogP contribution in [0.15, 0.2) is 28.6 Å². The van der Waals surface area contributed by atoms with Crippen molar-refractivity contribution in [1.29, 1.82) is 0 Å². The van der Waals surface area contributed by atoms with Crippen molar-refractivity contribution in [1.82, 2.24) is 19.4 Å². The van der Waals surface area contributed by atoms with Gasteiger partial charge in [0, 0.05) is 42.5 Å². The summed E-state index contributed by atoms with van der Waals surface area (Å²) >= 11 is 3.43. The second kappa shape index (κ2) is 8.61. The number of rotatable bonds is 4. The van der Waals surface area contributed by atoms with Crippen molar-refractivity contribution in [2.75, 3.05) is 26.2 Å². The molecular weight excluding hydrogens is 416 g/mol. The standard InChI is InChI=1S/C22H26N4O2S2/c27-19(25-10-8-24(9-11-25)13-16-5-4-12-29-16)14-26-15-23-21-20(22(26)28)17-6-2-1-3-7-18(17)30-21/h4-5,12,15H,1-3,6-11,13-14H2. The molecule has 0 unspecified atom stereocenters. The summed E-state index contributed by atoms with van der Waals surface area (Å²) in [6, 6.07) is 4.23. The van der Waals surface area contributed by atoms with Crippen LogP contribution in [0.3, 0.4) is 0 Å². The van der Waals surface area contributed by atoms with Crippen molar-refractivity contribution in [2.24, 2.45) is 0 Å². The summed E-state index contributed by atoms with van der Waals surface area (Å²) in [7, 11) is 0. The van der Waals surface area contributed by atoms with E-state index < -0.39 is 0 Å². The minimum atomic E-state index is -0.0518. The van der Waals surface area contributed by atoms with Gasteiger partial charge in [0.05, 0.1) is 11.7 Å². The van der Waals surface area contributed by atoms with E-state index in [2.05, 4.69) is 27.4 Å². The van der Waals surface area contributed by atoms with Gasteiger partial charge in [-0.25, -0.2) is 4.98 Å². The molecule has 158 valence electrons. The van der Waals surface area contributed by atoms with E-state index in [0.717, 1.165) is 49.1 Å². The molecule has 0 spiro atoms. The number of carbonyl (C=O) groups is 1. The molecule has 30 heavy (non-hydrogen) atoms. The van der Waals surface area contributed by atoms with E-state index in [1.54, 1.807) is 29.0 Å². The van der Waals surface area contributed by atoms with Crippen LogP contribution in [0.5, 0.6) is 0 Å².